The molecule has 1 heterocycles. The van der Waals surface area contributed by atoms with E-state index in [0.717, 1.165) is 0 Å². The lowest BCUT2D eigenvalue weighted by molar-refractivity contribution is -0.432. The molecule has 43 valence electrons. The Labute approximate surface area is 45.5 Å². The average Bonchev–Trinajstić information content (AvgIpc) is 2.12. The van der Waals surface area contributed by atoms with E-state index in [0.29, 0.717) is 6.54 Å². The molecule has 0 fully saturated rings. The van der Waals surface area contributed by atoms with Crippen molar-refractivity contribution in [3.05, 3.63) is 22.0 Å². The largest absolute Gasteiger partial charge is 0.358 e. The maximum atomic E-state index is 9.81. The summed E-state index contributed by atoms with van der Waals surface area (Å²) in [6.45, 7) is 0.399. The van der Waals surface area contributed by atoms with Crippen LogP contribution >= 0.6 is 0 Å². The third-order valence-electron chi connectivity index (χ3n) is 0.734. The molecule has 0 atom stereocenters. The Morgan fingerprint density at radius 1 is 1.88 bits per heavy atom. The Bertz CT molecular complexity index is 141. The van der Waals surface area contributed by atoms with Crippen molar-refractivity contribution in [2.75, 3.05) is 6.54 Å². The first-order chi connectivity index (χ1) is 3.80. The van der Waals surface area contributed by atoms with Crippen molar-refractivity contribution in [2.24, 2.45) is 0 Å². The fraction of sp³-hybridized carbons (Fsp3) is 0.333. The van der Waals surface area contributed by atoms with E-state index in [4.69, 9.17) is 0 Å². The van der Waals surface area contributed by atoms with Crippen LogP contribution in [0, 0.1) is 16.2 Å². The molecule has 1 aliphatic rings. The summed E-state index contributed by atoms with van der Waals surface area (Å²) >= 11 is 0. The van der Waals surface area contributed by atoms with Crippen molar-refractivity contribution >= 4 is 0 Å². The van der Waals surface area contributed by atoms with Gasteiger partial charge < -0.3 is 10.1 Å². The zero-order chi connectivity index (χ0) is 5.98. The second-order valence-electron chi connectivity index (χ2n) is 1.26. The predicted octanol–water partition coefficient (Wildman–Crippen LogP) is -0.985. The highest BCUT2D eigenvalue weighted by atomic mass is 16.6. The first kappa shape index (κ1) is 5.04. The van der Waals surface area contributed by atoms with Crippen LogP contribution < -0.4 is 10.9 Å². The van der Waals surface area contributed by atoms with Gasteiger partial charge in [-0.1, -0.05) is 0 Å². The van der Waals surface area contributed by atoms with Gasteiger partial charge in [-0.25, -0.2) is 0 Å². The molecule has 1 radical (unpaired) electrons. The highest BCUT2D eigenvalue weighted by molar-refractivity contribution is 4.87. The van der Waals surface area contributed by atoms with Gasteiger partial charge in [0.15, 0.2) is 0 Å². The summed E-state index contributed by atoms with van der Waals surface area (Å²) in [6, 6.07) is 0. The summed E-state index contributed by atoms with van der Waals surface area (Å²) in [7, 11) is 0. The minimum absolute atomic E-state index is 0.0926. The summed E-state index contributed by atoms with van der Waals surface area (Å²) in [5, 5.41) is 9.81. The third-order valence-corrected chi connectivity index (χ3v) is 0.734. The molecule has 0 unspecified atom stereocenters. The number of hydrogen-bond acceptors (Lipinski definition) is 4. The van der Waals surface area contributed by atoms with E-state index in [1.807, 2.05) is 0 Å². The van der Waals surface area contributed by atoms with E-state index in [1.54, 1.807) is 0 Å². The maximum absolute atomic E-state index is 9.81. The molecule has 0 amide bonds. The van der Waals surface area contributed by atoms with Crippen molar-refractivity contribution in [2.45, 2.75) is 0 Å². The van der Waals surface area contributed by atoms with Crippen LogP contribution in [0.3, 0.4) is 0 Å². The number of rotatable bonds is 1. The lowest BCUT2D eigenvalue weighted by atomic mass is 10.6. The van der Waals surface area contributed by atoms with Gasteiger partial charge in [-0.05, 0) is 4.92 Å². The minimum Gasteiger partial charge on any atom is -0.358 e. The summed E-state index contributed by atoms with van der Waals surface area (Å²) in [5.74, 6) is -0.0926. The highest BCUT2D eigenvalue weighted by Gasteiger charge is 2.12. The van der Waals surface area contributed by atoms with Crippen LogP contribution in [0.2, 0.25) is 0 Å². The monoisotopic (exact) mass is 114 g/mol. The Kier molecular flexibility index (Phi) is 1.13. The van der Waals surface area contributed by atoms with Crippen LogP contribution in [0.4, 0.5) is 0 Å². The third kappa shape index (κ3) is 0.760. The molecule has 0 aromatic heterocycles. The molecule has 0 aromatic carbocycles. The standard InChI is InChI=1S/C3H4N3O2/c7-6(8)3-1-2-4-5-3/h4-5H,2H2. The van der Waals surface area contributed by atoms with Crippen LogP contribution in [-0.2, 0) is 0 Å². The van der Waals surface area contributed by atoms with E-state index in [9.17, 15) is 10.1 Å². The van der Waals surface area contributed by atoms with Gasteiger partial charge in [0.2, 0.25) is 0 Å². The molecular formula is C3H4N3O2. The fourth-order valence-electron chi connectivity index (χ4n) is 0.410. The van der Waals surface area contributed by atoms with Gasteiger partial charge >= 0.3 is 5.82 Å². The van der Waals surface area contributed by atoms with Gasteiger partial charge in [0, 0.05) is 0 Å². The molecule has 0 spiro atoms. The second kappa shape index (κ2) is 1.79. The lowest BCUT2D eigenvalue weighted by Gasteiger charge is -1.91. The van der Waals surface area contributed by atoms with Gasteiger partial charge in [0.25, 0.3) is 0 Å². The van der Waals surface area contributed by atoms with E-state index in [-0.39, 0.29) is 5.82 Å². The summed E-state index contributed by atoms with van der Waals surface area (Å²) in [6.07, 6.45) is 2.45. The van der Waals surface area contributed by atoms with E-state index in [1.165, 1.54) is 0 Å². The number of hydrazine groups is 1. The average molecular weight is 114 g/mol. The second-order valence-corrected chi connectivity index (χ2v) is 1.26. The van der Waals surface area contributed by atoms with Gasteiger partial charge in [-0.2, -0.15) is 10.9 Å². The van der Waals surface area contributed by atoms with Gasteiger partial charge in [0.05, 0.1) is 12.6 Å². The first-order valence-electron chi connectivity index (χ1n) is 2.05. The molecule has 1 rings (SSSR count). The molecule has 0 saturated carbocycles. The van der Waals surface area contributed by atoms with Crippen LogP contribution in [0.25, 0.3) is 0 Å². The Hall–Kier alpha value is -1.10. The zero-order valence-corrected chi connectivity index (χ0v) is 3.97. The van der Waals surface area contributed by atoms with Crippen molar-refractivity contribution in [1.29, 1.82) is 0 Å². The molecule has 2 N–H and O–H groups in total. The van der Waals surface area contributed by atoms with Crippen LogP contribution in [0.15, 0.2) is 5.82 Å². The van der Waals surface area contributed by atoms with Gasteiger partial charge in [-0.3, -0.25) is 0 Å². The normalized spacial score (nSPS) is 17.2. The van der Waals surface area contributed by atoms with Gasteiger partial charge in [-0.15, -0.1) is 0 Å². The van der Waals surface area contributed by atoms with Crippen molar-refractivity contribution in [3.8, 4) is 0 Å². The summed E-state index contributed by atoms with van der Waals surface area (Å²) < 4.78 is 0. The van der Waals surface area contributed by atoms with Crippen molar-refractivity contribution in [3.63, 3.8) is 0 Å². The maximum Gasteiger partial charge on any atom is 0.339 e. The smallest absolute Gasteiger partial charge is 0.339 e. The van der Waals surface area contributed by atoms with E-state index < -0.39 is 4.92 Å². The molecule has 0 saturated heterocycles. The van der Waals surface area contributed by atoms with Crippen LogP contribution in [-0.4, -0.2) is 11.5 Å². The first-order valence-corrected chi connectivity index (χ1v) is 2.05. The van der Waals surface area contributed by atoms with E-state index in [2.05, 4.69) is 16.9 Å². The van der Waals surface area contributed by atoms with Crippen molar-refractivity contribution < 1.29 is 4.92 Å². The number of nitro groups is 1. The highest BCUT2D eigenvalue weighted by Crippen LogP contribution is 1.89. The SMILES string of the molecule is O=[N+]([O-])C1=[C]CNN1. The summed E-state index contributed by atoms with van der Waals surface area (Å²) in [5.41, 5.74) is 4.83. The molecule has 5 heteroatoms. The molecule has 0 bridgehead atoms. The molecule has 1 aliphatic heterocycles. The molecule has 8 heavy (non-hydrogen) atoms. The number of nitrogens with zero attached hydrogens (tertiary/aromatic N) is 1. The molecule has 5 nitrogen and oxygen atoms in total. The minimum atomic E-state index is -0.528. The lowest BCUT2D eigenvalue weighted by Crippen LogP contribution is -2.26. The molecule has 0 aromatic rings. The van der Waals surface area contributed by atoms with Crippen LogP contribution in [0.1, 0.15) is 0 Å². The van der Waals surface area contributed by atoms with Gasteiger partial charge in [0.1, 0.15) is 0 Å². The van der Waals surface area contributed by atoms with Crippen LogP contribution in [0.5, 0.6) is 0 Å². The predicted molar refractivity (Wildman–Crippen MR) is 24.9 cm³/mol. The fourth-order valence-corrected chi connectivity index (χ4v) is 0.410. The zero-order valence-electron chi connectivity index (χ0n) is 3.97. The summed E-state index contributed by atoms with van der Waals surface area (Å²) in [4.78, 5) is 9.28. The molecular weight excluding hydrogens is 110 g/mol. The Balaban J connectivity index is 2.57. The Morgan fingerprint density at radius 2 is 2.62 bits per heavy atom. The van der Waals surface area contributed by atoms with E-state index >= 15 is 0 Å². The van der Waals surface area contributed by atoms with Crippen molar-refractivity contribution in [1.82, 2.24) is 10.9 Å². The number of nitrogens with one attached hydrogen (secondary N) is 2. The quantitative estimate of drug-likeness (QED) is 0.339. The molecule has 0 aliphatic carbocycles. The Morgan fingerprint density at radius 3 is 2.88 bits per heavy atom. The number of hydrogen-bond donors (Lipinski definition) is 2. The topological polar surface area (TPSA) is 67.2 Å².